The molecule has 0 aliphatic rings. The second kappa shape index (κ2) is 9.38. The molecule has 5 rings (SSSR count). The van der Waals surface area contributed by atoms with Crippen molar-refractivity contribution < 1.29 is 18.0 Å². The molecule has 172 valence electrons. The largest absolute Gasteiger partial charge is 0.346 e. The minimum atomic E-state index is -3.77. The van der Waals surface area contributed by atoms with E-state index >= 15 is 0 Å². The van der Waals surface area contributed by atoms with Crippen molar-refractivity contribution >= 4 is 67.9 Å². The highest BCUT2D eigenvalue weighted by molar-refractivity contribution is 7.90. The Morgan fingerprint density at radius 3 is 2.15 bits per heavy atom. The summed E-state index contributed by atoms with van der Waals surface area (Å²) in [6.07, 6.45) is 7.11. The molecule has 0 aliphatic heterocycles. The molecular weight excluding hydrogens is 499 g/mol. The molecule has 0 amide bonds. The summed E-state index contributed by atoms with van der Waals surface area (Å²) in [5.41, 5.74) is 2.50. The Kier molecular flexibility index (Phi) is 6.52. The number of benzene rings is 1. The van der Waals surface area contributed by atoms with Gasteiger partial charge in [-0.15, -0.1) is 0 Å². The molecule has 34 heavy (non-hydrogen) atoms. The van der Waals surface area contributed by atoms with Gasteiger partial charge in [-0.25, -0.2) is 22.4 Å². The van der Waals surface area contributed by atoms with Crippen LogP contribution in [-0.4, -0.2) is 39.9 Å². The van der Waals surface area contributed by atoms with E-state index in [0.717, 1.165) is 14.9 Å². The predicted octanol–water partition coefficient (Wildman–Crippen LogP) is 5.08. The highest BCUT2D eigenvalue weighted by Gasteiger charge is 2.21. The number of aromatic amines is 1. The van der Waals surface area contributed by atoms with Crippen LogP contribution in [0.1, 0.15) is 26.3 Å². The van der Waals surface area contributed by atoms with Crippen LogP contribution in [0.4, 0.5) is 0 Å². The van der Waals surface area contributed by atoms with Gasteiger partial charge < -0.3 is 4.98 Å². The van der Waals surface area contributed by atoms with Gasteiger partial charge >= 0.3 is 0 Å². The number of hydrogen-bond acceptors (Lipinski definition) is 6. The molecule has 4 aromatic heterocycles. The number of H-pyrrole nitrogens is 1. The Hall–Kier alpha value is -3.53. The number of hydrogen-bond donors (Lipinski definition) is 1. The lowest BCUT2D eigenvalue weighted by molar-refractivity contribution is 0.111. The number of fused-ring (bicyclic) bond motifs is 2. The Bertz CT molecular complexity index is 1640. The second-order valence-corrected chi connectivity index (χ2v) is 9.77. The van der Waals surface area contributed by atoms with Gasteiger partial charge in [0.2, 0.25) is 0 Å². The molecule has 0 saturated heterocycles. The molecule has 11 heteroatoms. The second-order valence-electron chi connectivity index (χ2n) is 7.20. The number of rotatable bonds is 4. The minimum Gasteiger partial charge on any atom is -0.346 e. The molecule has 0 fully saturated rings. The average molecular weight is 515 g/mol. The summed E-state index contributed by atoms with van der Waals surface area (Å²) in [5, 5.41) is 1.84. The topological polar surface area (TPSA) is 115 Å². The smallest absolute Gasteiger partial charge is 0.269 e. The van der Waals surface area contributed by atoms with Crippen LogP contribution in [0.5, 0.6) is 0 Å². The van der Waals surface area contributed by atoms with E-state index in [-0.39, 0.29) is 21.1 Å². The number of aryl methyl sites for hydroxylation is 1. The number of pyridine rings is 2. The highest BCUT2D eigenvalue weighted by Crippen LogP contribution is 2.28. The first-order valence-corrected chi connectivity index (χ1v) is 12.0. The van der Waals surface area contributed by atoms with E-state index < -0.39 is 10.0 Å². The van der Waals surface area contributed by atoms with Gasteiger partial charge in [-0.3, -0.25) is 9.59 Å². The van der Waals surface area contributed by atoms with Crippen molar-refractivity contribution in [1.82, 2.24) is 18.9 Å². The Morgan fingerprint density at radius 2 is 1.50 bits per heavy atom. The third-order valence-electron chi connectivity index (χ3n) is 5.02. The van der Waals surface area contributed by atoms with Crippen molar-refractivity contribution in [3.63, 3.8) is 0 Å². The number of nitrogens with one attached hydrogen (secondary N) is 1. The van der Waals surface area contributed by atoms with Gasteiger partial charge in [-0.2, -0.15) is 0 Å². The zero-order valence-corrected chi connectivity index (χ0v) is 19.9. The first kappa shape index (κ1) is 23.6. The molecule has 0 radical (unpaired) electrons. The van der Waals surface area contributed by atoms with Gasteiger partial charge in [0.15, 0.2) is 18.2 Å². The summed E-state index contributed by atoms with van der Waals surface area (Å²) in [5.74, 6) is 0. The van der Waals surface area contributed by atoms with Gasteiger partial charge in [-0.1, -0.05) is 40.9 Å². The molecule has 0 aliphatic carbocycles. The van der Waals surface area contributed by atoms with E-state index in [1.165, 1.54) is 36.8 Å². The fourth-order valence-electron chi connectivity index (χ4n) is 3.22. The summed E-state index contributed by atoms with van der Waals surface area (Å²) in [6.45, 7) is 1.88. The van der Waals surface area contributed by atoms with E-state index in [1.807, 2.05) is 6.92 Å². The summed E-state index contributed by atoms with van der Waals surface area (Å²) in [4.78, 5) is 32.4. The fraction of sp³-hybridized carbons (Fsp3) is 0.0435. The zero-order valence-electron chi connectivity index (χ0n) is 17.6. The van der Waals surface area contributed by atoms with Crippen molar-refractivity contribution in [3.05, 3.63) is 87.9 Å². The van der Waals surface area contributed by atoms with Gasteiger partial charge in [0, 0.05) is 35.6 Å². The van der Waals surface area contributed by atoms with Gasteiger partial charge in [0.05, 0.1) is 26.1 Å². The summed E-state index contributed by atoms with van der Waals surface area (Å²) in [6, 6.07) is 9.85. The molecule has 0 saturated carbocycles. The van der Waals surface area contributed by atoms with Crippen LogP contribution in [0, 0.1) is 6.92 Å². The number of carbonyl (C=O) groups is 2. The number of carbonyl (C=O) groups excluding carboxylic acids is 2. The van der Waals surface area contributed by atoms with Crippen molar-refractivity contribution in [1.29, 1.82) is 0 Å². The molecule has 0 atom stereocenters. The van der Waals surface area contributed by atoms with Crippen LogP contribution >= 0.6 is 23.2 Å². The Morgan fingerprint density at radius 1 is 0.882 bits per heavy atom. The predicted molar refractivity (Wildman–Crippen MR) is 130 cm³/mol. The quantitative estimate of drug-likeness (QED) is 0.334. The van der Waals surface area contributed by atoms with E-state index in [9.17, 15) is 18.0 Å². The molecule has 1 aromatic carbocycles. The molecule has 5 aromatic rings. The lowest BCUT2D eigenvalue weighted by atomic mass is 10.2. The molecular formula is C23H16Cl2N4O4S. The third-order valence-corrected chi connectivity index (χ3v) is 7.55. The molecule has 1 N–H and O–H groups in total. The summed E-state index contributed by atoms with van der Waals surface area (Å²) in [7, 11) is -3.77. The third kappa shape index (κ3) is 4.21. The van der Waals surface area contributed by atoms with Crippen molar-refractivity contribution in [2.24, 2.45) is 0 Å². The fourth-order valence-corrected chi connectivity index (χ4v) is 5.01. The Labute approximate surface area is 204 Å². The summed E-state index contributed by atoms with van der Waals surface area (Å²) < 4.78 is 26.5. The number of aldehydes is 2. The SMILES string of the molecule is Cc1ccc(S(=O)(=O)n2ccc3c(Cl)c(C=O)cnc32)cc1.O=Cc1cnc2[nH]ccc2c1Cl. The minimum absolute atomic E-state index is 0.160. The lowest BCUT2D eigenvalue weighted by Gasteiger charge is -2.07. The van der Waals surface area contributed by atoms with E-state index in [0.29, 0.717) is 34.2 Å². The number of aromatic nitrogens is 4. The van der Waals surface area contributed by atoms with Crippen molar-refractivity contribution in [2.45, 2.75) is 11.8 Å². The van der Waals surface area contributed by atoms with Crippen LogP contribution in [0.25, 0.3) is 22.1 Å². The van der Waals surface area contributed by atoms with E-state index in [4.69, 9.17) is 23.2 Å². The average Bonchev–Trinajstić information content (AvgIpc) is 3.49. The van der Waals surface area contributed by atoms with Gasteiger partial charge in [0.25, 0.3) is 10.0 Å². The number of nitrogens with zero attached hydrogens (tertiary/aromatic N) is 3. The van der Waals surface area contributed by atoms with Crippen LogP contribution in [0.2, 0.25) is 10.0 Å². The van der Waals surface area contributed by atoms with Crippen LogP contribution < -0.4 is 0 Å². The van der Waals surface area contributed by atoms with Crippen LogP contribution in [0.3, 0.4) is 0 Å². The van der Waals surface area contributed by atoms with Crippen molar-refractivity contribution in [2.75, 3.05) is 0 Å². The lowest BCUT2D eigenvalue weighted by Crippen LogP contribution is -2.12. The normalized spacial score (nSPS) is 11.3. The Balaban J connectivity index is 0.000000192. The van der Waals surface area contributed by atoms with Crippen molar-refractivity contribution in [3.8, 4) is 0 Å². The molecule has 0 bridgehead atoms. The highest BCUT2D eigenvalue weighted by atomic mass is 35.5. The zero-order chi connectivity index (χ0) is 24.5. The molecule has 0 spiro atoms. The van der Waals surface area contributed by atoms with Gasteiger partial charge in [-0.05, 0) is 31.2 Å². The van der Waals surface area contributed by atoms with Crippen LogP contribution in [-0.2, 0) is 10.0 Å². The maximum Gasteiger partial charge on any atom is 0.269 e. The molecule has 4 heterocycles. The maximum absolute atomic E-state index is 12.7. The standard InChI is InChI=1S/C15H11ClN2O3S.C8H5ClN2O/c1-10-2-4-12(5-3-10)22(20,21)18-7-6-13-14(16)11(9-19)8-17-15(13)18;9-7-5(4-12)3-11-8-6(7)1-2-10-8/h2-9H,1H3;1-4H,(H,10,11). The molecule has 8 nitrogen and oxygen atoms in total. The monoisotopic (exact) mass is 514 g/mol. The van der Waals surface area contributed by atoms with E-state index in [2.05, 4.69) is 15.0 Å². The first-order valence-electron chi connectivity index (χ1n) is 9.77. The van der Waals surface area contributed by atoms with Crippen LogP contribution in [0.15, 0.2) is 66.1 Å². The van der Waals surface area contributed by atoms with E-state index in [1.54, 1.807) is 24.4 Å². The summed E-state index contributed by atoms with van der Waals surface area (Å²) >= 11 is 12.0. The first-order chi connectivity index (χ1) is 16.3. The van der Waals surface area contributed by atoms with Gasteiger partial charge in [0.1, 0.15) is 5.65 Å². The number of halogens is 2. The molecule has 0 unspecified atom stereocenters. The maximum atomic E-state index is 12.7.